The average molecular weight is 300 g/mol. The lowest BCUT2D eigenvalue weighted by Gasteiger charge is -2.13. The molecule has 1 aromatic heterocycles. The molecule has 0 N–H and O–H groups in total. The molecular formula is C13H11F3N2OS. The van der Waals surface area contributed by atoms with E-state index in [1.54, 1.807) is 24.3 Å². The van der Waals surface area contributed by atoms with Gasteiger partial charge in [-0.05, 0) is 18.5 Å². The molecule has 0 spiro atoms. The van der Waals surface area contributed by atoms with Crippen molar-refractivity contribution in [1.82, 2.24) is 9.59 Å². The number of Topliss-reactive ketones (excluding diaryl/α,β-unsaturated/α-hetero) is 1. The number of ketones is 1. The summed E-state index contributed by atoms with van der Waals surface area (Å²) in [6.45, 7) is 0.874. The van der Waals surface area contributed by atoms with Gasteiger partial charge in [-0.25, -0.2) is 0 Å². The molecule has 2 rings (SSSR count). The number of nitrogens with zero attached hydrogens (tertiary/aromatic N) is 2. The van der Waals surface area contributed by atoms with E-state index in [2.05, 4.69) is 9.59 Å². The molecule has 0 aliphatic heterocycles. The number of benzene rings is 1. The zero-order valence-corrected chi connectivity index (χ0v) is 11.3. The number of carbonyl (C=O) groups is 1. The number of carbonyl (C=O) groups excluding carboxylic acids is 1. The summed E-state index contributed by atoms with van der Waals surface area (Å²) >= 11 is 0.951. The van der Waals surface area contributed by atoms with Crippen molar-refractivity contribution >= 4 is 17.3 Å². The maximum Gasteiger partial charge on any atom is 0.398 e. The minimum Gasteiger partial charge on any atom is -0.299 e. The quantitative estimate of drug-likeness (QED) is 0.867. The minimum atomic E-state index is -4.51. The Kier molecular flexibility index (Phi) is 4.17. The van der Waals surface area contributed by atoms with Crippen LogP contribution in [0.15, 0.2) is 30.3 Å². The molecular weight excluding hydrogens is 289 g/mol. The lowest BCUT2D eigenvalue weighted by atomic mass is 10.0. The van der Waals surface area contributed by atoms with Crippen LogP contribution in [0.25, 0.3) is 11.3 Å². The van der Waals surface area contributed by atoms with E-state index >= 15 is 0 Å². The minimum absolute atomic E-state index is 0.303. The van der Waals surface area contributed by atoms with Gasteiger partial charge in [0.05, 0.1) is 4.88 Å². The van der Waals surface area contributed by atoms with Crippen LogP contribution in [-0.2, 0) is 11.2 Å². The highest BCUT2D eigenvalue weighted by molar-refractivity contribution is 7.06. The summed E-state index contributed by atoms with van der Waals surface area (Å²) in [4.78, 5) is 12.1. The van der Waals surface area contributed by atoms with Crippen LogP contribution in [-0.4, -0.2) is 21.5 Å². The van der Waals surface area contributed by atoms with E-state index in [1.807, 2.05) is 6.07 Å². The Morgan fingerprint density at radius 2 is 1.95 bits per heavy atom. The molecule has 0 saturated heterocycles. The number of aromatic nitrogens is 2. The van der Waals surface area contributed by atoms with Gasteiger partial charge >= 0.3 is 6.18 Å². The highest BCUT2D eigenvalue weighted by atomic mass is 32.1. The van der Waals surface area contributed by atoms with Crippen LogP contribution in [0.5, 0.6) is 0 Å². The Hall–Kier alpha value is -1.76. The first-order valence-electron chi connectivity index (χ1n) is 5.85. The van der Waals surface area contributed by atoms with Crippen molar-refractivity contribution in [1.29, 1.82) is 0 Å². The van der Waals surface area contributed by atoms with Gasteiger partial charge in [-0.2, -0.15) is 13.2 Å². The average Bonchev–Trinajstić information content (AvgIpc) is 2.86. The summed E-state index contributed by atoms with van der Waals surface area (Å²) in [6, 6.07) is 8.95. The molecule has 1 atom stereocenters. The smallest absolute Gasteiger partial charge is 0.299 e. The third-order valence-corrected chi connectivity index (χ3v) is 3.63. The van der Waals surface area contributed by atoms with Crippen molar-refractivity contribution in [2.45, 2.75) is 19.5 Å². The highest BCUT2D eigenvalue weighted by Gasteiger charge is 2.41. The van der Waals surface area contributed by atoms with E-state index in [9.17, 15) is 18.0 Å². The van der Waals surface area contributed by atoms with Crippen molar-refractivity contribution in [3.63, 3.8) is 0 Å². The maximum absolute atomic E-state index is 12.5. The fourth-order valence-electron chi connectivity index (χ4n) is 1.63. The van der Waals surface area contributed by atoms with Crippen molar-refractivity contribution in [3.8, 4) is 11.3 Å². The first-order chi connectivity index (χ1) is 9.39. The van der Waals surface area contributed by atoms with Gasteiger partial charge < -0.3 is 0 Å². The Bertz CT molecular complexity index is 595. The van der Waals surface area contributed by atoms with Crippen molar-refractivity contribution < 1.29 is 18.0 Å². The molecule has 3 nitrogen and oxygen atoms in total. The standard InChI is InChI=1S/C13H11F3N2OS/c1-8(13(14,15)16)10(19)7-11-12(17-18-20-11)9-5-3-2-4-6-9/h2-6,8H,7H2,1H3. The number of alkyl halides is 3. The first-order valence-corrected chi connectivity index (χ1v) is 6.63. The monoisotopic (exact) mass is 300 g/mol. The Labute approximate surface area is 117 Å². The second-order valence-corrected chi connectivity index (χ2v) is 5.16. The van der Waals surface area contributed by atoms with Gasteiger partial charge in [0.15, 0.2) is 0 Å². The zero-order valence-electron chi connectivity index (χ0n) is 10.5. The summed E-state index contributed by atoms with van der Waals surface area (Å²) in [5.41, 5.74) is 1.21. The predicted octanol–water partition coefficient (Wildman–Crippen LogP) is 3.52. The third kappa shape index (κ3) is 3.22. The van der Waals surface area contributed by atoms with E-state index < -0.39 is 17.9 Å². The van der Waals surface area contributed by atoms with E-state index in [0.717, 1.165) is 24.0 Å². The summed E-state index contributed by atoms with van der Waals surface area (Å²) in [5, 5.41) is 3.90. The largest absolute Gasteiger partial charge is 0.398 e. The molecule has 0 saturated carbocycles. The molecule has 1 heterocycles. The molecule has 7 heteroatoms. The van der Waals surface area contributed by atoms with E-state index in [1.165, 1.54) is 0 Å². The Balaban J connectivity index is 2.20. The highest BCUT2D eigenvalue weighted by Crippen LogP contribution is 2.30. The van der Waals surface area contributed by atoms with Crippen molar-refractivity contribution in [2.24, 2.45) is 5.92 Å². The molecule has 20 heavy (non-hydrogen) atoms. The van der Waals surface area contributed by atoms with Crippen molar-refractivity contribution in [2.75, 3.05) is 0 Å². The van der Waals surface area contributed by atoms with Crippen LogP contribution in [0.1, 0.15) is 11.8 Å². The molecule has 0 radical (unpaired) electrons. The number of hydrogen-bond donors (Lipinski definition) is 0. The second kappa shape index (κ2) is 5.70. The van der Waals surface area contributed by atoms with Crippen LogP contribution in [0.2, 0.25) is 0 Å². The molecule has 0 bridgehead atoms. The molecule has 106 valence electrons. The second-order valence-electron chi connectivity index (χ2n) is 4.32. The van der Waals surface area contributed by atoms with Crippen LogP contribution in [0.3, 0.4) is 0 Å². The topological polar surface area (TPSA) is 42.9 Å². The first kappa shape index (κ1) is 14.6. The third-order valence-electron chi connectivity index (χ3n) is 2.91. The van der Waals surface area contributed by atoms with Gasteiger partial charge in [0, 0.05) is 12.0 Å². The Morgan fingerprint density at radius 3 is 2.55 bits per heavy atom. The fraction of sp³-hybridized carbons (Fsp3) is 0.308. The Morgan fingerprint density at radius 1 is 1.30 bits per heavy atom. The van der Waals surface area contributed by atoms with Crippen LogP contribution < -0.4 is 0 Å². The van der Waals surface area contributed by atoms with Gasteiger partial charge in [-0.15, -0.1) is 5.10 Å². The molecule has 0 aliphatic carbocycles. The summed E-state index contributed by atoms with van der Waals surface area (Å²) in [7, 11) is 0. The molecule has 0 fully saturated rings. The summed E-state index contributed by atoms with van der Waals surface area (Å²) in [6.07, 6.45) is -4.81. The summed E-state index contributed by atoms with van der Waals surface area (Å²) in [5.74, 6) is -2.85. The van der Waals surface area contributed by atoms with E-state index in [0.29, 0.717) is 10.6 Å². The molecule has 1 unspecified atom stereocenters. The van der Waals surface area contributed by atoms with Gasteiger partial charge in [0.2, 0.25) is 0 Å². The molecule has 0 aliphatic rings. The normalized spacial score (nSPS) is 13.2. The van der Waals surface area contributed by atoms with Gasteiger partial charge in [-0.1, -0.05) is 34.8 Å². The van der Waals surface area contributed by atoms with Crippen LogP contribution in [0, 0.1) is 5.92 Å². The molecule has 2 aromatic rings. The maximum atomic E-state index is 12.5. The van der Waals surface area contributed by atoms with Crippen molar-refractivity contribution in [3.05, 3.63) is 35.2 Å². The van der Waals surface area contributed by atoms with E-state index in [-0.39, 0.29) is 6.42 Å². The van der Waals surface area contributed by atoms with Crippen LogP contribution >= 0.6 is 11.5 Å². The molecule has 1 aromatic carbocycles. The number of halogens is 3. The van der Waals surface area contributed by atoms with E-state index in [4.69, 9.17) is 0 Å². The SMILES string of the molecule is CC(C(=O)Cc1snnc1-c1ccccc1)C(F)(F)F. The van der Waals surface area contributed by atoms with Gasteiger partial charge in [-0.3, -0.25) is 4.79 Å². The lowest BCUT2D eigenvalue weighted by Crippen LogP contribution is -2.29. The number of hydrogen-bond acceptors (Lipinski definition) is 4. The number of rotatable bonds is 4. The fourth-order valence-corrected chi connectivity index (χ4v) is 2.31. The molecule has 0 amide bonds. The predicted molar refractivity (Wildman–Crippen MR) is 69.3 cm³/mol. The van der Waals surface area contributed by atoms with Gasteiger partial charge in [0.1, 0.15) is 17.4 Å². The lowest BCUT2D eigenvalue weighted by molar-refractivity contribution is -0.177. The summed E-state index contributed by atoms with van der Waals surface area (Å²) < 4.78 is 41.2. The van der Waals surface area contributed by atoms with Gasteiger partial charge in [0.25, 0.3) is 0 Å². The zero-order chi connectivity index (χ0) is 14.8. The van der Waals surface area contributed by atoms with Crippen LogP contribution in [0.4, 0.5) is 13.2 Å².